The normalized spacial score (nSPS) is 15.9. The van der Waals surface area contributed by atoms with Gasteiger partial charge in [-0.2, -0.15) is 68.0 Å². The third-order valence-corrected chi connectivity index (χ3v) is 21.3. The van der Waals surface area contributed by atoms with Gasteiger partial charge in [0.2, 0.25) is 0 Å². The fourth-order valence-corrected chi connectivity index (χ4v) is 14.7. The Morgan fingerprint density at radius 3 is 1.34 bits per heavy atom. The predicted octanol–water partition coefficient (Wildman–Crippen LogP) is 25.5. The van der Waals surface area contributed by atoms with Gasteiger partial charge >= 0.3 is 45.8 Å². The van der Waals surface area contributed by atoms with Crippen LogP contribution in [-0.2, 0) is 41.5 Å². The molecule has 0 radical (unpaired) electrons. The first kappa shape index (κ1) is 99.5. The number of aromatic amines is 1. The number of nitrogens with two attached hydrogens (primary N) is 2. The van der Waals surface area contributed by atoms with Crippen LogP contribution in [-0.4, -0.2) is 122 Å². The largest absolute Gasteiger partial charge is 2.00 e. The third-order valence-electron chi connectivity index (χ3n) is 20.9. The molecule has 0 amide bonds. The van der Waals surface area contributed by atoms with Crippen molar-refractivity contribution in [1.82, 2.24) is 54.7 Å². The molecule has 3 aliphatic rings. The van der Waals surface area contributed by atoms with Crippen molar-refractivity contribution in [2.45, 2.75) is 122 Å². The van der Waals surface area contributed by atoms with E-state index in [9.17, 15) is 52.7 Å². The van der Waals surface area contributed by atoms with E-state index in [-0.39, 0.29) is 55.8 Å². The van der Waals surface area contributed by atoms with Crippen molar-refractivity contribution in [3.05, 3.63) is 322 Å². The topological polar surface area (TPSA) is 340 Å². The Morgan fingerprint density at radius 2 is 0.858 bits per heavy atom. The Balaban J connectivity index is 0.000000165. The van der Waals surface area contributed by atoms with Crippen LogP contribution in [0.5, 0.6) is 0 Å². The van der Waals surface area contributed by atoms with E-state index in [2.05, 4.69) is 51.2 Å². The molecule has 0 spiro atoms. The van der Waals surface area contributed by atoms with E-state index >= 15 is 0 Å². The second-order valence-corrected chi connectivity index (χ2v) is 31.9. The number of aliphatic imine (C=N–C) groups is 1. The number of alkyl halides is 12. The fourth-order valence-electron chi connectivity index (χ4n) is 14.4. The molecule has 3 aliphatic heterocycles. The number of H-pyrrole nitrogens is 1. The Kier molecular flexibility index (Phi) is 33.0. The van der Waals surface area contributed by atoms with Crippen LogP contribution in [0, 0.1) is 30.1 Å². The molecule has 13 aromatic rings. The second-order valence-electron chi connectivity index (χ2n) is 31.1. The Bertz CT molecular complexity index is 6520. The van der Waals surface area contributed by atoms with Crippen molar-refractivity contribution in [3.8, 4) is 101 Å². The molecule has 3 atom stereocenters. The van der Waals surface area contributed by atoms with Gasteiger partial charge in [-0.15, -0.1) is 11.4 Å². The number of ether oxygens (including phenoxy) is 3. The van der Waals surface area contributed by atoms with Crippen LogP contribution in [0.4, 0.5) is 52.7 Å². The number of pyridine rings is 5. The molecule has 36 heteroatoms. The summed E-state index contributed by atoms with van der Waals surface area (Å²) in [5, 5.41) is 38.2. The number of hydrogen-bond donors (Lipinski definition) is 6. The molecule has 694 valence electrons. The zero-order valence-corrected chi connectivity index (χ0v) is 75.9. The van der Waals surface area contributed by atoms with E-state index in [1.165, 1.54) is 16.8 Å². The SMILES string of the molecule is CC(=N)/C=C(\[NH-])c1cccc(-c2cccc(-c3cccc(/C([NH-])=C/C(=N)C(F)(F)F)n3)c2)n1.Cc1cc(-c2cccc(-c3cccc(-c4cccc(C(=N)C=C(N)C(F)(F)F)c4)c3)n2)n[nH]1.Cc1cc(-c2cccc(-c3cccc(-c4cccc(C(C=C(N)C(F)(F)F)=NC5CCCCO5)c4)c3)n2)n(C2CCCCO2)n1.FC(F)(F)c1cc(-c2cccc(Br)n2)n(C2CCCCO2)n1.[Pt+2]. The number of aromatic nitrogens is 11. The average Bonchev–Trinajstić information content (AvgIpc) is 1.65. The molecular weight excluding hydrogens is 1990 g/mol. The van der Waals surface area contributed by atoms with Gasteiger partial charge in [-0.1, -0.05) is 127 Å². The van der Waals surface area contributed by atoms with Gasteiger partial charge in [-0.05, 0) is 244 Å². The molecule has 134 heavy (non-hydrogen) atoms. The van der Waals surface area contributed by atoms with E-state index in [1.54, 1.807) is 97.9 Å². The summed E-state index contributed by atoms with van der Waals surface area (Å²) in [5.41, 5.74) is 37.2. The number of nitrogens with zero attached hydrogens (tertiary/aromatic N) is 11. The summed E-state index contributed by atoms with van der Waals surface area (Å²) in [6, 6.07) is 68.4. The van der Waals surface area contributed by atoms with Gasteiger partial charge < -0.3 is 48.0 Å². The first-order valence-corrected chi connectivity index (χ1v) is 42.7. The monoisotopic (exact) mass is 2080 g/mol. The van der Waals surface area contributed by atoms with E-state index < -0.39 is 65.7 Å². The summed E-state index contributed by atoms with van der Waals surface area (Å²) < 4.78 is 176. The molecule has 3 unspecified atom stereocenters. The maximum absolute atomic E-state index is 13.4. The zero-order chi connectivity index (χ0) is 94.9. The van der Waals surface area contributed by atoms with Crippen LogP contribution in [0.15, 0.2) is 276 Å². The Labute approximate surface area is 785 Å². The van der Waals surface area contributed by atoms with Crippen molar-refractivity contribution < 1.29 is 88.0 Å². The van der Waals surface area contributed by atoms with E-state index in [1.807, 2.05) is 146 Å². The van der Waals surface area contributed by atoms with Crippen molar-refractivity contribution in [2.24, 2.45) is 16.5 Å². The van der Waals surface area contributed by atoms with Gasteiger partial charge in [0.25, 0.3) is 0 Å². The van der Waals surface area contributed by atoms with Crippen molar-refractivity contribution in [2.75, 3.05) is 19.8 Å². The Morgan fingerprint density at radius 1 is 0.440 bits per heavy atom. The number of nitrogens with one attached hydrogen (secondary N) is 6. The fraction of sp³-hybridized carbons (Fsp3) is 0.224. The minimum absolute atomic E-state index is 0. The van der Waals surface area contributed by atoms with Crippen molar-refractivity contribution in [3.63, 3.8) is 0 Å². The number of aryl methyl sites for hydroxylation is 2. The number of benzene rings is 5. The van der Waals surface area contributed by atoms with Crippen LogP contribution in [0.25, 0.3) is 124 Å². The van der Waals surface area contributed by atoms with Gasteiger partial charge in [0, 0.05) is 76.0 Å². The summed E-state index contributed by atoms with van der Waals surface area (Å²) >= 11 is 3.23. The molecule has 0 saturated carbocycles. The van der Waals surface area contributed by atoms with Gasteiger partial charge in [0.15, 0.2) is 18.1 Å². The maximum Gasteiger partial charge on any atom is 2.00 e. The smallest absolute Gasteiger partial charge is 0.697 e. The number of rotatable bonds is 20. The van der Waals surface area contributed by atoms with Gasteiger partial charge in [-0.3, -0.25) is 15.5 Å². The Hall–Kier alpha value is -13.5. The van der Waals surface area contributed by atoms with Gasteiger partial charge in [0.1, 0.15) is 33.6 Å². The van der Waals surface area contributed by atoms with Gasteiger partial charge in [0.05, 0.1) is 68.4 Å². The first-order valence-electron chi connectivity index (χ1n) is 41.9. The molecule has 3 fully saturated rings. The molecule has 0 bridgehead atoms. The van der Waals surface area contributed by atoms with E-state index in [4.69, 9.17) is 68.4 Å². The van der Waals surface area contributed by atoms with E-state index in [0.29, 0.717) is 88.0 Å². The van der Waals surface area contributed by atoms with Crippen molar-refractivity contribution >= 4 is 50.2 Å². The molecule has 11 heterocycles. The molecule has 10 N–H and O–H groups in total. The summed E-state index contributed by atoms with van der Waals surface area (Å²) in [7, 11) is 0. The maximum atomic E-state index is 13.4. The summed E-state index contributed by atoms with van der Waals surface area (Å²) in [6.45, 7) is 7.24. The van der Waals surface area contributed by atoms with Crippen LogP contribution in [0.2, 0.25) is 0 Å². The molecule has 3 saturated heterocycles. The number of allylic oxidation sites excluding steroid dienone is 6. The summed E-state index contributed by atoms with van der Waals surface area (Å²) in [5.74, 6) is 0. The molecule has 8 aromatic heterocycles. The quantitative estimate of drug-likeness (QED) is 0.0235. The standard InChI is InChI=1S/C35H36F3N5O2.C25H20F3N5.C24H19F3N6.C14H13BrF3N3O.Pt/c1-23-19-31(43(42-23)34-16-3-5-18-45-34)29-14-8-13-28(40-29)26-11-6-9-24(20-26)25-10-7-12-27(21-25)30(22-32(39)35(36,37)38)41-33-15-2-4-17-44-33;1-15-11-23(33-32-15)22-10-4-9-21(31-22)19-8-3-6-17(13-19)16-5-2-7-18(12-16)20(29)14-24(30)25(26,27)28;1-14(28)11-17(29)21-9-3-7-19(32-21)15-5-2-6-16(12-15)20-8-4-10-22(33-20)18(30)13-23(31)24(25,26)27;15-12-5-3-4-9(19-12)10-8-11(14(16,17)18)20-21(10)13-6-1-2-7-22-13;/h6-14,19-22,33-34H,2-5,15-18,39H2,1H3;2-14,29H,30H2,1H3,(H,32,33);2-13,28-31H,1H3;3-5,8,13H,1-2,6-7H2;/q;;-2;;+2/b;;17-11-,18-13-,28-14?,31-23?;;. The molecule has 5 aromatic carbocycles. The molecule has 16 rings (SSSR count). The summed E-state index contributed by atoms with van der Waals surface area (Å²) in [6.07, 6.45) is -8.45. The number of halogens is 13. The van der Waals surface area contributed by atoms with Crippen molar-refractivity contribution in [1.29, 1.82) is 16.2 Å². The summed E-state index contributed by atoms with van der Waals surface area (Å²) in [4.78, 5) is 27.3. The second kappa shape index (κ2) is 44.4. The van der Waals surface area contributed by atoms with Gasteiger partial charge in [-0.25, -0.2) is 34.3 Å². The molecular formula is C98H88BrF12N19O3Pt. The molecule has 0 aliphatic carbocycles. The molecule has 22 nitrogen and oxygen atoms in total. The zero-order valence-electron chi connectivity index (χ0n) is 72.0. The average molecular weight is 2080 g/mol. The first-order chi connectivity index (χ1) is 63.4. The van der Waals surface area contributed by atoms with Crippen LogP contribution < -0.4 is 11.5 Å². The minimum Gasteiger partial charge on any atom is -0.697 e. The van der Waals surface area contributed by atoms with Crippen LogP contribution in [0.3, 0.4) is 0 Å². The van der Waals surface area contributed by atoms with E-state index in [0.717, 1.165) is 148 Å². The minimum atomic E-state index is -4.83. The number of hydrogen-bond acceptors (Lipinski definition) is 17. The predicted molar refractivity (Wildman–Crippen MR) is 493 cm³/mol. The van der Waals surface area contributed by atoms with Crippen LogP contribution >= 0.6 is 15.9 Å². The van der Waals surface area contributed by atoms with Crippen LogP contribution in [0.1, 0.15) is 117 Å². The third kappa shape index (κ3) is 26.7.